The van der Waals surface area contributed by atoms with Gasteiger partial charge in [-0.3, -0.25) is 20.3 Å². The van der Waals surface area contributed by atoms with Crippen LogP contribution >= 0.6 is 0 Å². The minimum atomic E-state index is -1.31. The number of hydrogen-bond donors (Lipinski definition) is 7. The average molecular weight is 468 g/mol. The van der Waals surface area contributed by atoms with Crippen molar-refractivity contribution < 1.29 is 24.6 Å². The number of rotatable bonds is 8. The molecular weight excluding hydrogens is 438 g/mol. The summed E-state index contributed by atoms with van der Waals surface area (Å²) >= 11 is 0. The number of carboxylic acid groups (broad SMARTS) is 1. The molecule has 34 heavy (non-hydrogen) atoms. The quantitative estimate of drug-likeness (QED) is 0.226. The number of aliphatic hydroxyl groups excluding tert-OH is 1. The van der Waals surface area contributed by atoms with E-state index in [0.717, 1.165) is 16.7 Å². The lowest BCUT2D eigenvalue weighted by Gasteiger charge is -2.17. The summed E-state index contributed by atoms with van der Waals surface area (Å²) in [5.74, 6) is -0.648. The molecule has 10 nitrogen and oxygen atoms in total. The lowest BCUT2D eigenvalue weighted by atomic mass is 9.94. The normalized spacial score (nSPS) is 18.1. The molecule has 0 bridgehead atoms. The molecule has 2 aromatic carbocycles. The first-order valence-corrected chi connectivity index (χ1v) is 11.0. The molecule has 2 aromatic rings. The molecule has 7 N–H and O–H groups in total. The van der Waals surface area contributed by atoms with Gasteiger partial charge in [0, 0.05) is 18.7 Å². The van der Waals surface area contributed by atoms with Crippen molar-refractivity contribution in [3.05, 3.63) is 70.8 Å². The summed E-state index contributed by atoms with van der Waals surface area (Å²) in [6, 6.07) is 13.1. The third-order valence-corrected chi connectivity index (χ3v) is 5.75. The van der Waals surface area contributed by atoms with Gasteiger partial charge in [-0.1, -0.05) is 48.5 Å². The molecule has 1 heterocycles. The van der Waals surface area contributed by atoms with Crippen molar-refractivity contribution in [1.29, 1.82) is 5.41 Å². The Balaban J connectivity index is 1.45. The number of benzene rings is 2. The van der Waals surface area contributed by atoms with Crippen molar-refractivity contribution in [3.8, 4) is 0 Å². The van der Waals surface area contributed by atoms with E-state index in [2.05, 4.69) is 16.0 Å². The molecule has 0 aromatic heterocycles. The first kappa shape index (κ1) is 24.9. The smallest absolute Gasteiger partial charge is 0.410 e. The third-order valence-electron chi connectivity index (χ3n) is 5.75. The van der Waals surface area contributed by atoms with E-state index in [1.54, 1.807) is 31.2 Å². The molecule has 0 radical (unpaired) electrons. The van der Waals surface area contributed by atoms with Crippen LogP contribution in [0.3, 0.4) is 0 Å². The molecule has 3 amide bonds. The fraction of sp³-hybridized carbons (Fsp3) is 0.333. The number of carbonyl (C=O) groups is 3. The molecule has 180 valence electrons. The highest BCUT2D eigenvalue weighted by atomic mass is 16.4. The van der Waals surface area contributed by atoms with Crippen molar-refractivity contribution in [3.63, 3.8) is 0 Å². The average Bonchev–Trinajstić information content (AvgIpc) is 3.33. The Morgan fingerprint density at radius 1 is 1.15 bits per heavy atom. The molecule has 3 rings (SSSR count). The van der Waals surface area contributed by atoms with Crippen LogP contribution in [0.15, 0.2) is 48.5 Å². The summed E-state index contributed by atoms with van der Waals surface area (Å²) < 4.78 is 0. The van der Waals surface area contributed by atoms with Crippen LogP contribution < -0.4 is 21.3 Å². The molecule has 10 heteroatoms. The number of carbonyl (C=O) groups excluding carboxylic acids is 2. The van der Waals surface area contributed by atoms with Crippen LogP contribution in [0.25, 0.3) is 0 Å². The highest BCUT2D eigenvalue weighted by Crippen LogP contribution is 2.26. The fourth-order valence-corrected chi connectivity index (χ4v) is 3.82. The molecular formula is C24H29N5O5. The van der Waals surface area contributed by atoms with Gasteiger partial charge >= 0.3 is 6.09 Å². The lowest BCUT2D eigenvalue weighted by Crippen LogP contribution is -2.49. The van der Waals surface area contributed by atoms with Crippen LogP contribution in [0, 0.1) is 5.41 Å². The predicted octanol–water partition coefficient (Wildman–Crippen LogP) is 1.04. The number of nitrogens with one attached hydrogen (secondary N) is 5. The van der Waals surface area contributed by atoms with E-state index in [4.69, 9.17) is 10.5 Å². The minimum absolute atomic E-state index is 0.0275. The number of hydrogen-bond acceptors (Lipinski definition) is 6. The third kappa shape index (κ3) is 6.63. The van der Waals surface area contributed by atoms with Gasteiger partial charge in [0.1, 0.15) is 11.9 Å². The van der Waals surface area contributed by atoms with E-state index in [9.17, 15) is 19.5 Å². The van der Waals surface area contributed by atoms with E-state index in [0.29, 0.717) is 18.5 Å². The van der Waals surface area contributed by atoms with E-state index in [1.165, 1.54) is 0 Å². The Bertz CT molecular complexity index is 1060. The van der Waals surface area contributed by atoms with Crippen molar-refractivity contribution in [2.24, 2.45) is 0 Å². The number of amides is 3. The largest absolute Gasteiger partial charge is 0.465 e. The van der Waals surface area contributed by atoms with Crippen molar-refractivity contribution >= 4 is 23.7 Å². The Kier molecular flexibility index (Phi) is 8.34. The zero-order valence-corrected chi connectivity index (χ0v) is 18.8. The first-order valence-electron chi connectivity index (χ1n) is 11.0. The van der Waals surface area contributed by atoms with Crippen LogP contribution in [0.5, 0.6) is 0 Å². The molecule has 0 spiro atoms. The summed E-state index contributed by atoms with van der Waals surface area (Å²) in [5, 5.41) is 36.3. The summed E-state index contributed by atoms with van der Waals surface area (Å²) in [5.41, 5.74) is 3.08. The molecule has 1 aliphatic rings. The van der Waals surface area contributed by atoms with E-state index < -0.39 is 18.2 Å². The highest BCUT2D eigenvalue weighted by Gasteiger charge is 2.31. The second-order valence-corrected chi connectivity index (χ2v) is 8.25. The van der Waals surface area contributed by atoms with Crippen LogP contribution in [0.1, 0.15) is 41.5 Å². The standard InChI is InChI=1S/C24H29N5O5/c1-14(22(31)27-11-15-5-7-17(8-6-15)21(25)29-24(33)34)28-23(32)20-10-19(12-26-20)18-4-2-3-16(9-18)13-30/h2-9,14,19-20,26,30H,10-13H2,1H3,(H2,25,29)(H,27,31)(H,28,32)(H,33,34)/t14-,19-,20?/m0/s1. The van der Waals surface area contributed by atoms with E-state index >= 15 is 0 Å². The molecule has 3 atom stereocenters. The Labute approximate surface area is 197 Å². The molecule has 1 unspecified atom stereocenters. The van der Waals surface area contributed by atoms with Crippen molar-refractivity contribution in [1.82, 2.24) is 21.3 Å². The monoisotopic (exact) mass is 467 g/mol. The van der Waals surface area contributed by atoms with Gasteiger partial charge in [0.15, 0.2) is 0 Å². The van der Waals surface area contributed by atoms with E-state index in [-0.39, 0.29) is 36.7 Å². The predicted molar refractivity (Wildman–Crippen MR) is 125 cm³/mol. The topological polar surface area (TPSA) is 164 Å². The van der Waals surface area contributed by atoms with Gasteiger partial charge in [-0.25, -0.2) is 4.79 Å². The molecule has 1 fully saturated rings. The summed E-state index contributed by atoms with van der Waals surface area (Å²) in [4.78, 5) is 35.7. The SMILES string of the molecule is C[C@H](NC(=O)C1C[C@H](c2cccc(CO)c2)CN1)C(=O)NCc1ccc(C(=N)NC(=O)O)cc1. The van der Waals surface area contributed by atoms with Gasteiger partial charge in [-0.05, 0) is 36.0 Å². The number of amidine groups is 1. The summed E-state index contributed by atoms with van der Waals surface area (Å²) in [6.07, 6.45) is -0.704. The van der Waals surface area contributed by atoms with Gasteiger partial charge in [0.05, 0.1) is 12.6 Å². The lowest BCUT2D eigenvalue weighted by molar-refractivity contribution is -0.129. The molecule has 1 saturated heterocycles. The van der Waals surface area contributed by atoms with Gasteiger partial charge in [0.2, 0.25) is 11.8 Å². The van der Waals surface area contributed by atoms with Crippen LogP contribution in [-0.2, 0) is 22.7 Å². The zero-order valence-electron chi connectivity index (χ0n) is 18.8. The maximum atomic E-state index is 12.7. The fourth-order valence-electron chi connectivity index (χ4n) is 3.82. The van der Waals surface area contributed by atoms with Crippen LogP contribution in [0.4, 0.5) is 4.79 Å². The minimum Gasteiger partial charge on any atom is -0.465 e. The summed E-state index contributed by atoms with van der Waals surface area (Å²) in [6.45, 7) is 2.46. The van der Waals surface area contributed by atoms with Gasteiger partial charge in [-0.15, -0.1) is 0 Å². The summed E-state index contributed by atoms with van der Waals surface area (Å²) in [7, 11) is 0. The Hall–Kier alpha value is -3.76. The van der Waals surface area contributed by atoms with Crippen molar-refractivity contribution in [2.75, 3.05) is 6.54 Å². The van der Waals surface area contributed by atoms with Gasteiger partial charge < -0.3 is 26.2 Å². The number of aliphatic hydroxyl groups is 1. The van der Waals surface area contributed by atoms with Gasteiger partial charge in [0.25, 0.3) is 0 Å². The Morgan fingerprint density at radius 3 is 2.56 bits per heavy atom. The second-order valence-electron chi connectivity index (χ2n) is 8.25. The second kappa shape index (κ2) is 11.4. The van der Waals surface area contributed by atoms with Crippen LogP contribution in [-0.4, -0.2) is 52.6 Å². The van der Waals surface area contributed by atoms with Crippen LogP contribution in [0.2, 0.25) is 0 Å². The molecule has 0 saturated carbocycles. The first-order chi connectivity index (χ1) is 16.3. The zero-order chi connectivity index (χ0) is 24.7. The van der Waals surface area contributed by atoms with Gasteiger partial charge in [-0.2, -0.15) is 0 Å². The van der Waals surface area contributed by atoms with E-state index in [1.807, 2.05) is 29.6 Å². The molecule has 1 aliphatic heterocycles. The maximum absolute atomic E-state index is 12.7. The highest BCUT2D eigenvalue weighted by molar-refractivity contribution is 6.04. The Morgan fingerprint density at radius 2 is 1.88 bits per heavy atom. The maximum Gasteiger partial charge on any atom is 0.410 e. The van der Waals surface area contributed by atoms with Crippen molar-refractivity contribution in [2.45, 2.75) is 44.5 Å². The molecule has 0 aliphatic carbocycles.